The van der Waals surface area contributed by atoms with E-state index in [0.717, 1.165) is 4.47 Å². The van der Waals surface area contributed by atoms with Crippen LogP contribution in [0.3, 0.4) is 0 Å². The summed E-state index contributed by atoms with van der Waals surface area (Å²) in [6.07, 6.45) is -0.488. The average molecular weight is 322 g/mol. The number of hydrogen-bond acceptors (Lipinski definition) is 3. The van der Waals surface area contributed by atoms with Gasteiger partial charge in [-0.25, -0.2) is 0 Å². The maximum Gasteiger partial charge on any atom is 0.308 e. The molecule has 0 heterocycles. The Kier molecular flexibility index (Phi) is 5.43. The largest absolute Gasteiger partial charge is 0.469 e. The summed E-state index contributed by atoms with van der Waals surface area (Å²) in [5, 5.41) is 10.5. The number of ether oxygens (including phenoxy) is 1. The van der Waals surface area contributed by atoms with Gasteiger partial charge >= 0.3 is 5.97 Å². The first kappa shape index (κ1) is 14.5. The third-order valence-electron chi connectivity index (χ3n) is 2.50. The van der Waals surface area contributed by atoms with Crippen LogP contribution in [-0.4, -0.2) is 18.2 Å². The van der Waals surface area contributed by atoms with Gasteiger partial charge in [-0.15, -0.1) is 0 Å². The number of carbonyl (C=O) groups is 1. The molecule has 2 atom stereocenters. The maximum atomic E-state index is 11.2. The quantitative estimate of drug-likeness (QED) is 0.865. The number of hydrogen-bond donors (Lipinski definition) is 1. The van der Waals surface area contributed by atoms with Crippen molar-refractivity contribution >= 4 is 33.5 Å². The molecule has 3 nitrogen and oxygen atoms in total. The Morgan fingerprint density at radius 1 is 1.59 bits per heavy atom. The zero-order valence-electron chi connectivity index (χ0n) is 9.61. The topological polar surface area (TPSA) is 46.5 Å². The second-order valence-corrected chi connectivity index (χ2v) is 5.16. The molecule has 0 aliphatic heterocycles. The predicted molar refractivity (Wildman–Crippen MR) is 69.9 cm³/mol. The number of rotatable bonds is 4. The van der Waals surface area contributed by atoms with E-state index in [1.54, 1.807) is 25.1 Å². The molecule has 0 saturated carbocycles. The molecule has 0 aliphatic rings. The molecule has 0 spiro atoms. The number of aliphatic hydroxyl groups excluding tert-OH is 1. The molecular formula is C12H14BrClO3. The van der Waals surface area contributed by atoms with Crippen molar-refractivity contribution < 1.29 is 14.6 Å². The zero-order valence-corrected chi connectivity index (χ0v) is 12.0. The fourth-order valence-corrected chi connectivity index (χ4v) is 2.33. The van der Waals surface area contributed by atoms with Gasteiger partial charge in [-0.1, -0.05) is 40.5 Å². The summed E-state index contributed by atoms with van der Waals surface area (Å²) in [6.45, 7) is 1.71. The van der Waals surface area contributed by atoms with Crippen LogP contribution in [0.15, 0.2) is 22.7 Å². The van der Waals surface area contributed by atoms with Gasteiger partial charge in [-0.2, -0.15) is 0 Å². The summed E-state index contributed by atoms with van der Waals surface area (Å²) in [6, 6.07) is 5.25. The van der Waals surface area contributed by atoms with Crippen LogP contribution >= 0.6 is 27.5 Å². The fourth-order valence-electron chi connectivity index (χ4n) is 1.53. The van der Waals surface area contributed by atoms with Gasteiger partial charge < -0.3 is 9.84 Å². The number of benzene rings is 1. The van der Waals surface area contributed by atoms with E-state index in [4.69, 9.17) is 11.6 Å². The van der Waals surface area contributed by atoms with Crippen molar-refractivity contribution in [2.75, 3.05) is 7.11 Å². The minimum absolute atomic E-state index is 0.286. The van der Waals surface area contributed by atoms with Crippen molar-refractivity contribution in [3.05, 3.63) is 33.3 Å². The molecule has 1 N–H and O–H groups in total. The summed E-state index contributed by atoms with van der Waals surface area (Å²) < 4.78 is 5.45. The molecule has 0 aliphatic carbocycles. The van der Waals surface area contributed by atoms with Crippen LogP contribution in [0.5, 0.6) is 0 Å². The van der Waals surface area contributed by atoms with E-state index in [2.05, 4.69) is 20.7 Å². The fraction of sp³-hybridized carbons (Fsp3) is 0.417. The van der Waals surface area contributed by atoms with Crippen molar-refractivity contribution in [3.8, 4) is 0 Å². The molecule has 1 aromatic rings. The van der Waals surface area contributed by atoms with E-state index >= 15 is 0 Å². The highest BCUT2D eigenvalue weighted by atomic mass is 79.9. The molecular weight excluding hydrogens is 307 g/mol. The van der Waals surface area contributed by atoms with E-state index in [0.29, 0.717) is 10.6 Å². The zero-order chi connectivity index (χ0) is 13.0. The van der Waals surface area contributed by atoms with Gasteiger partial charge in [0.05, 0.1) is 19.1 Å². The van der Waals surface area contributed by atoms with Gasteiger partial charge in [0.25, 0.3) is 0 Å². The van der Waals surface area contributed by atoms with Crippen molar-refractivity contribution in [2.24, 2.45) is 5.92 Å². The first-order valence-electron chi connectivity index (χ1n) is 5.16. The van der Waals surface area contributed by atoms with Crippen molar-refractivity contribution in [1.29, 1.82) is 0 Å². The van der Waals surface area contributed by atoms with Gasteiger partial charge in [0.2, 0.25) is 0 Å². The molecule has 94 valence electrons. The third kappa shape index (κ3) is 3.98. The van der Waals surface area contributed by atoms with Crippen LogP contribution in [-0.2, 0) is 9.53 Å². The van der Waals surface area contributed by atoms with Crippen LogP contribution in [0.2, 0.25) is 5.02 Å². The smallest absolute Gasteiger partial charge is 0.308 e. The summed E-state index contributed by atoms with van der Waals surface area (Å²) in [7, 11) is 1.33. The van der Waals surface area contributed by atoms with Crippen molar-refractivity contribution in [2.45, 2.75) is 19.4 Å². The molecule has 5 heteroatoms. The van der Waals surface area contributed by atoms with E-state index in [1.165, 1.54) is 7.11 Å². The Bertz CT molecular complexity index is 409. The highest BCUT2D eigenvalue weighted by Gasteiger charge is 2.20. The monoisotopic (exact) mass is 320 g/mol. The summed E-state index contributed by atoms with van der Waals surface area (Å²) in [5.41, 5.74) is 0.616. The van der Waals surface area contributed by atoms with Gasteiger partial charge in [0.1, 0.15) is 0 Å². The standard InChI is InChI=1S/C12H14BrClO3/c1-7(12(16)17-2)5-11(15)9-4-3-8(13)6-10(9)14/h3-4,6-7,11,15H,5H2,1-2H3. The molecule has 0 saturated heterocycles. The predicted octanol–water partition coefficient (Wildman–Crippen LogP) is 3.34. The van der Waals surface area contributed by atoms with Gasteiger partial charge in [-0.05, 0) is 24.1 Å². The highest BCUT2D eigenvalue weighted by molar-refractivity contribution is 9.10. The summed E-state index contributed by atoms with van der Waals surface area (Å²) in [4.78, 5) is 11.2. The number of carbonyl (C=O) groups excluding carboxylic acids is 1. The molecule has 17 heavy (non-hydrogen) atoms. The van der Waals surface area contributed by atoms with Crippen LogP contribution < -0.4 is 0 Å². The lowest BCUT2D eigenvalue weighted by atomic mass is 9.98. The Labute approximate surface area is 114 Å². The number of esters is 1. The third-order valence-corrected chi connectivity index (χ3v) is 3.32. The van der Waals surface area contributed by atoms with E-state index < -0.39 is 6.10 Å². The molecule has 0 bridgehead atoms. The molecule has 0 aromatic heterocycles. The minimum Gasteiger partial charge on any atom is -0.469 e. The lowest BCUT2D eigenvalue weighted by Crippen LogP contribution is -2.16. The van der Waals surface area contributed by atoms with Gasteiger partial charge in [0.15, 0.2) is 0 Å². The Hall–Kier alpha value is -0.580. The first-order valence-corrected chi connectivity index (χ1v) is 6.33. The van der Waals surface area contributed by atoms with Crippen molar-refractivity contribution in [3.63, 3.8) is 0 Å². The SMILES string of the molecule is COC(=O)C(C)CC(O)c1ccc(Br)cc1Cl. The van der Waals surface area contributed by atoms with Gasteiger partial charge in [0, 0.05) is 9.50 Å². The summed E-state index contributed by atoms with van der Waals surface area (Å²) in [5.74, 6) is -0.702. The summed E-state index contributed by atoms with van der Waals surface area (Å²) >= 11 is 9.31. The number of methoxy groups -OCH3 is 1. The first-order chi connectivity index (χ1) is 7.95. The average Bonchev–Trinajstić information content (AvgIpc) is 2.27. The maximum absolute atomic E-state index is 11.2. The van der Waals surface area contributed by atoms with E-state index in [-0.39, 0.29) is 18.3 Å². The Morgan fingerprint density at radius 3 is 2.76 bits per heavy atom. The highest BCUT2D eigenvalue weighted by Crippen LogP contribution is 2.30. The number of aliphatic hydroxyl groups is 1. The van der Waals surface area contributed by atoms with Gasteiger partial charge in [-0.3, -0.25) is 4.79 Å². The Balaban J connectivity index is 2.76. The van der Waals surface area contributed by atoms with Crippen LogP contribution in [0.1, 0.15) is 25.0 Å². The molecule has 0 fully saturated rings. The number of halogens is 2. The molecule has 0 radical (unpaired) electrons. The lowest BCUT2D eigenvalue weighted by Gasteiger charge is -2.16. The normalized spacial score (nSPS) is 14.2. The van der Waals surface area contributed by atoms with Crippen molar-refractivity contribution in [1.82, 2.24) is 0 Å². The van der Waals surface area contributed by atoms with Crippen LogP contribution in [0.25, 0.3) is 0 Å². The van der Waals surface area contributed by atoms with Crippen LogP contribution in [0.4, 0.5) is 0 Å². The Morgan fingerprint density at radius 2 is 2.24 bits per heavy atom. The molecule has 2 unspecified atom stereocenters. The second-order valence-electron chi connectivity index (χ2n) is 3.84. The molecule has 0 amide bonds. The molecule has 1 rings (SSSR count). The lowest BCUT2D eigenvalue weighted by molar-refractivity contribution is -0.145. The van der Waals surface area contributed by atoms with Crippen LogP contribution in [0, 0.1) is 5.92 Å². The minimum atomic E-state index is -0.773. The second kappa shape index (κ2) is 6.38. The van der Waals surface area contributed by atoms with E-state index in [9.17, 15) is 9.90 Å². The van der Waals surface area contributed by atoms with E-state index in [1.807, 2.05) is 0 Å². The molecule has 1 aromatic carbocycles.